The molecule has 0 atom stereocenters. The number of benzene rings is 1. The Balaban J connectivity index is 1.52. The van der Waals surface area contributed by atoms with Crippen molar-refractivity contribution < 1.29 is 9.84 Å². The average Bonchev–Trinajstić information content (AvgIpc) is 2.68. The highest BCUT2D eigenvalue weighted by Gasteiger charge is 2.12. The molecule has 0 amide bonds. The number of anilines is 1. The Kier molecular flexibility index (Phi) is 4.26. The maximum Gasteiger partial charge on any atom is 0.225 e. The van der Waals surface area contributed by atoms with Gasteiger partial charge in [0.15, 0.2) is 0 Å². The third kappa shape index (κ3) is 3.44. The van der Waals surface area contributed by atoms with Gasteiger partial charge in [-0.25, -0.2) is 15.0 Å². The Morgan fingerprint density at radius 1 is 1.00 bits per heavy atom. The maximum atomic E-state index is 9.92. The first kappa shape index (κ1) is 15.5. The predicted octanol–water partition coefficient (Wildman–Crippen LogP) is 2.74. The Hall–Kier alpha value is -2.99. The van der Waals surface area contributed by atoms with Crippen molar-refractivity contribution in [3.05, 3.63) is 54.0 Å². The van der Waals surface area contributed by atoms with Crippen molar-refractivity contribution in [3.8, 4) is 5.75 Å². The van der Waals surface area contributed by atoms with Gasteiger partial charge in [0.2, 0.25) is 5.95 Å². The van der Waals surface area contributed by atoms with Crippen LogP contribution in [0.2, 0.25) is 0 Å². The molecule has 6 heteroatoms. The van der Waals surface area contributed by atoms with E-state index in [4.69, 9.17) is 4.74 Å². The minimum Gasteiger partial charge on any atom is -0.506 e. The van der Waals surface area contributed by atoms with Gasteiger partial charge in [0, 0.05) is 36.4 Å². The quantitative estimate of drug-likeness (QED) is 0.794. The number of nitrogens with zero attached hydrogens (tertiary/aromatic N) is 4. The second kappa shape index (κ2) is 6.86. The number of pyridine rings is 1. The van der Waals surface area contributed by atoms with Gasteiger partial charge in [0.25, 0.3) is 0 Å². The molecular formula is C19H18N4O2. The molecule has 3 heterocycles. The van der Waals surface area contributed by atoms with Crippen molar-refractivity contribution in [2.45, 2.75) is 0 Å². The Morgan fingerprint density at radius 2 is 1.80 bits per heavy atom. The number of phenolic OH excluding ortho intramolecular Hbond substituents is 1. The van der Waals surface area contributed by atoms with E-state index in [1.54, 1.807) is 18.5 Å². The number of aromatic hydroxyl groups is 1. The van der Waals surface area contributed by atoms with Crippen LogP contribution in [-0.4, -0.2) is 46.4 Å². The molecule has 2 aromatic heterocycles. The summed E-state index contributed by atoms with van der Waals surface area (Å²) in [7, 11) is 0. The predicted molar refractivity (Wildman–Crippen MR) is 97.4 cm³/mol. The molecule has 1 aliphatic rings. The van der Waals surface area contributed by atoms with Crippen LogP contribution in [0.4, 0.5) is 5.95 Å². The Labute approximate surface area is 145 Å². The summed E-state index contributed by atoms with van der Waals surface area (Å²) < 4.78 is 5.34. The smallest absolute Gasteiger partial charge is 0.225 e. The first-order valence-corrected chi connectivity index (χ1v) is 8.21. The zero-order valence-corrected chi connectivity index (χ0v) is 13.7. The van der Waals surface area contributed by atoms with Gasteiger partial charge in [0.1, 0.15) is 11.3 Å². The zero-order chi connectivity index (χ0) is 17.1. The van der Waals surface area contributed by atoms with Crippen LogP contribution >= 0.6 is 0 Å². The lowest BCUT2D eigenvalue weighted by Crippen LogP contribution is -2.37. The molecule has 1 aromatic carbocycles. The number of para-hydroxylation sites is 1. The number of rotatable bonds is 3. The molecule has 1 fully saturated rings. The third-order valence-electron chi connectivity index (χ3n) is 4.12. The molecular weight excluding hydrogens is 316 g/mol. The van der Waals surface area contributed by atoms with E-state index in [1.807, 2.05) is 36.4 Å². The highest BCUT2D eigenvalue weighted by atomic mass is 16.5. The fourth-order valence-corrected chi connectivity index (χ4v) is 2.76. The molecule has 126 valence electrons. The fourth-order valence-electron chi connectivity index (χ4n) is 2.76. The van der Waals surface area contributed by atoms with E-state index in [0.717, 1.165) is 35.7 Å². The monoisotopic (exact) mass is 334 g/mol. The van der Waals surface area contributed by atoms with Crippen molar-refractivity contribution in [1.82, 2.24) is 15.0 Å². The molecule has 0 unspecified atom stereocenters. The van der Waals surface area contributed by atoms with Crippen LogP contribution < -0.4 is 4.90 Å². The number of hydrogen-bond donors (Lipinski definition) is 1. The molecule has 25 heavy (non-hydrogen) atoms. The fraction of sp³-hybridized carbons (Fsp3) is 0.211. The van der Waals surface area contributed by atoms with Gasteiger partial charge in [0.05, 0.1) is 18.9 Å². The third-order valence-corrected chi connectivity index (χ3v) is 4.12. The SMILES string of the molecule is Oc1cccc2ccc(/C=C/c3cnc(N4CCOCC4)nc3)nc12. The van der Waals surface area contributed by atoms with E-state index in [1.165, 1.54) is 0 Å². The van der Waals surface area contributed by atoms with E-state index >= 15 is 0 Å². The largest absolute Gasteiger partial charge is 0.506 e. The van der Waals surface area contributed by atoms with Gasteiger partial charge < -0.3 is 14.7 Å². The number of morpholine rings is 1. The molecule has 4 rings (SSSR count). The highest BCUT2D eigenvalue weighted by Crippen LogP contribution is 2.23. The molecule has 0 bridgehead atoms. The van der Waals surface area contributed by atoms with Gasteiger partial charge >= 0.3 is 0 Å². The molecule has 1 N–H and O–H groups in total. The second-order valence-corrected chi connectivity index (χ2v) is 5.83. The van der Waals surface area contributed by atoms with Crippen molar-refractivity contribution in [2.24, 2.45) is 0 Å². The number of hydrogen-bond acceptors (Lipinski definition) is 6. The van der Waals surface area contributed by atoms with Gasteiger partial charge in [-0.3, -0.25) is 0 Å². The Bertz CT molecular complexity index is 903. The van der Waals surface area contributed by atoms with Crippen LogP contribution in [0.1, 0.15) is 11.3 Å². The van der Waals surface area contributed by atoms with E-state index in [2.05, 4.69) is 19.9 Å². The van der Waals surface area contributed by atoms with Crippen molar-refractivity contribution in [3.63, 3.8) is 0 Å². The maximum absolute atomic E-state index is 9.92. The average molecular weight is 334 g/mol. The molecule has 1 saturated heterocycles. The molecule has 0 saturated carbocycles. The minimum absolute atomic E-state index is 0.186. The summed E-state index contributed by atoms with van der Waals surface area (Å²) in [5.74, 6) is 0.917. The molecule has 6 nitrogen and oxygen atoms in total. The van der Waals surface area contributed by atoms with Crippen LogP contribution in [0.25, 0.3) is 23.1 Å². The van der Waals surface area contributed by atoms with Gasteiger partial charge in [-0.15, -0.1) is 0 Å². The minimum atomic E-state index is 0.186. The standard InChI is InChI=1S/C19H18N4O2/c24-17-3-1-2-15-5-7-16(22-18(15)17)6-4-14-12-20-19(21-13-14)23-8-10-25-11-9-23/h1-7,12-13,24H,8-11H2/b6-4+. The summed E-state index contributed by atoms with van der Waals surface area (Å²) >= 11 is 0. The molecule has 3 aromatic rings. The first-order chi connectivity index (χ1) is 12.3. The molecule has 1 aliphatic heterocycles. The summed E-state index contributed by atoms with van der Waals surface area (Å²) in [6.07, 6.45) is 7.40. The molecule has 0 radical (unpaired) electrons. The van der Waals surface area contributed by atoms with E-state index < -0.39 is 0 Å². The number of fused-ring (bicyclic) bond motifs is 1. The van der Waals surface area contributed by atoms with Gasteiger partial charge in [-0.05, 0) is 24.3 Å². The number of phenols is 1. The number of aromatic nitrogens is 3. The van der Waals surface area contributed by atoms with Crippen LogP contribution in [0.3, 0.4) is 0 Å². The van der Waals surface area contributed by atoms with E-state index in [-0.39, 0.29) is 5.75 Å². The van der Waals surface area contributed by atoms with Crippen LogP contribution in [0.15, 0.2) is 42.7 Å². The number of ether oxygens (including phenoxy) is 1. The zero-order valence-electron chi connectivity index (χ0n) is 13.7. The van der Waals surface area contributed by atoms with E-state index in [0.29, 0.717) is 18.7 Å². The van der Waals surface area contributed by atoms with Crippen molar-refractivity contribution in [1.29, 1.82) is 0 Å². The molecule has 0 aliphatic carbocycles. The summed E-state index contributed by atoms with van der Waals surface area (Å²) in [5.41, 5.74) is 2.27. The van der Waals surface area contributed by atoms with Crippen LogP contribution in [0.5, 0.6) is 5.75 Å². The van der Waals surface area contributed by atoms with Crippen LogP contribution in [0, 0.1) is 0 Å². The highest BCUT2D eigenvalue weighted by molar-refractivity contribution is 5.85. The lowest BCUT2D eigenvalue weighted by Gasteiger charge is -2.26. The summed E-state index contributed by atoms with van der Waals surface area (Å²) in [6, 6.07) is 9.23. The summed E-state index contributed by atoms with van der Waals surface area (Å²) in [5, 5.41) is 10.8. The van der Waals surface area contributed by atoms with Crippen molar-refractivity contribution in [2.75, 3.05) is 31.2 Å². The van der Waals surface area contributed by atoms with Crippen LogP contribution in [-0.2, 0) is 4.74 Å². The van der Waals surface area contributed by atoms with E-state index in [9.17, 15) is 5.11 Å². The van der Waals surface area contributed by atoms with Gasteiger partial charge in [-0.1, -0.05) is 18.2 Å². The lowest BCUT2D eigenvalue weighted by molar-refractivity contribution is 0.122. The van der Waals surface area contributed by atoms with Gasteiger partial charge in [-0.2, -0.15) is 0 Å². The topological polar surface area (TPSA) is 71.4 Å². The second-order valence-electron chi connectivity index (χ2n) is 5.83. The first-order valence-electron chi connectivity index (χ1n) is 8.21. The Morgan fingerprint density at radius 3 is 2.60 bits per heavy atom. The van der Waals surface area contributed by atoms with Crippen molar-refractivity contribution >= 4 is 29.0 Å². The lowest BCUT2D eigenvalue weighted by atomic mass is 10.2. The normalized spacial score (nSPS) is 15.1. The molecule has 0 spiro atoms. The summed E-state index contributed by atoms with van der Waals surface area (Å²) in [6.45, 7) is 3.07. The summed E-state index contributed by atoms with van der Waals surface area (Å²) in [4.78, 5) is 15.4.